The first-order chi connectivity index (χ1) is 8.08. The van der Waals surface area contributed by atoms with Crippen molar-refractivity contribution >= 4 is 5.78 Å². The highest BCUT2D eigenvalue weighted by Crippen LogP contribution is 2.50. The number of phenolic OH excluding ortho intramolecular Hbond substituents is 1. The highest BCUT2D eigenvalue weighted by atomic mass is 16.3. The van der Waals surface area contributed by atoms with E-state index in [9.17, 15) is 9.90 Å². The summed E-state index contributed by atoms with van der Waals surface area (Å²) >= 11 is 0. The van der Waals surface area contributed by atoms with Gasteiger partial charge in [0.25, 0.3) is 0 Å². The zero-order valence-corrected chi connectivity index (χ0v) is 9.94. The van der Waals surface area contributed by atoms with E-state index in [2.05, 4.69) is 13.0 Å². The quantitative estimate of drug-likeness (QED) is 0.741. The predicted octanol–water partition coefficient (Wildman–Crippen LogP) is 2.96. The van der Waals surface area contributed by atoms with E-state index in [0.717, 1.165) is 12.8 Å². The first-order valence-corrected chi connectivity index (χ1v) is 6.12. The smallest absolute Gasteiger partial charge is 0.156 e. The average Bonchev–Trinajstić information content (AvgIpc) is 2.30. The lowest BCUT2D eigenvalue weighted by atomic mass is 9.61. The van der Waals surface area contributed by atoms with Crippen LogP contribution in [0.25, 0.3) is 0 Å². The number of phenols is 1. The van der Waals surface area contributed by atoms with Gasteiger partial charge >= 0.3 is 0 Å². The molecule has 1 aromatic carbocycles. The minimum atomic E-state index is 0.109. The SMILES string of the molecule is C[C@]12C=CC(=O)C[C@H]1c1ccc(O)cc1CC2. The molecule has 0 radical (unpaired) electrons. The minimum absolute atomic E-state index is 0.109. The zero-order chi connectivity index (χ0) is 12.0. The molecule has 0 bridgehead atoms. The van der Waals surface area contributed by atoms with Crippen LogP contribution in [0, 0.1) is 5.41 Å². The molecule has 2 heteroatoms. The highest BCUT2D eigenvalue weighted by Gasteiger charge is 2.40. The third-order valence-corrected chi connectivity index (χ3v) is 4.29. The van der Waals surface area contributed by atoms with Gasteiger partial charge in [0.15, 0.2) is 5.78 Å². The summed E-state index contributed by atoms with van der Waals surface area (Å²) in [6, 6.07) is 5.56. The van der Waals surface area contributed by atoms with Crippen LogP contribution < -0.4 is 0 Å². The first kappa shape index (κ1) is 10.6. The fourth-order valence-electron chi connectivity index (χ4n) is 3.18. The number of aromatic hydroxyl groups is 1. The van der Waals surface area contributed by atoms with E-state index in [4.69, 9.17) is 0 Å². The van der Waals surface area contributed by atoms with E-state index in [1.165, 1.54) is 11.1 Å². The summed E-state index contributed by atoms with van der Waals surface area (Å²) in [6.07, 6.45) is 6.46. The Morgan fingerprint density at radius 3 is 3.06 bits per heavy atom. The summed E-state index contributed by atoms with van der Waals surface area (Å²) in [6.45, 7) is 2.23. The Hall–Kier alpha value is -1.57. The monoisotopic (exact) mass is 228 g/mol. The molecule has 2 aliphatic rings. The van der Waals surface area contributed by atoms with Gasteiger partial charge in [0.05, 0.1) is 0 Å². The molecule has 88 valence electrons. The topological polar surface area (TPSA) is 37.3 Å². The van der Waals surface area contributed by atoms with E-state index in [0.29, 0.717) is 12.2 Å². The Labute approximate surface area is 101 Å². The second kappa shape index (κ2) is 3.46. The van der Waals surface area contributed by atoms with Crippen molar-refractivity contribution in [2.75, 3.05) is 0 Å². The lowest BCUT2D eigenvalue weighted by Crippen LogP contribution is -2.33. The van der Waals surface area contributed by atoms with E-state index in [1.807, 2.05) is 12.1 Å². The third kappa shape index (κ3) is 1.59. The second-order valence-electron chi connectivity index (χ2n) is 5.45. The average molecular weight is 228 g/mol. The molecule has 2 nitrogen and oxygen atoms in total. The molecule has 0 heterocycles. The fourth-order valence-corrected chi connectivity index (χ4v) is 3.18. The van der Waals surface area contributed by atoms with Crippen molar-refractivity contribution in [3.63, 3.8) is 0 Å². The van der Waals surface area contributed by atoms with Crippen LogP contribution in [0.1, 0.15) is 36.8 Å². The lowest BCUT2D eigenvalue weighted by Gasteiger charge is -2.42. The summed E-state index contributed by atoms with van der Waals surface area (Å²) in [5.41, 5.74) is 2.56. The number of ketones is 1. The molecule has 0 saturated heterocycles. The molecule has 0 spiro atoms. The first-order valence-electron chi connectivity index (χ1n) is 6.12. The number of hydrogen-bond acceptors (Lipinski definition) is 2. The molecule has 0 saturated carbocycles. The van der Waals surface area contributed by atoms with Crippen molar-refractivity contribution in [3.05, 3.63) is 41.5 Å². The summed E-state index contributed by atoms with van der Waals surface area (Å²) in [4.78, 5) is 11.6. The summed E-state index contributed by atoms with van der Waals surface area (Å²) in [7, 11) is 0. The maximum Gasteiger partial charge on any atom is 0.156 e. The van der Waals surface area contributed by atoms with Crippen LogP contribution in [0.4, 0.5) is 0 Å². The van der Waals surface area contributed by atoms with E-state index < -0.39 is 0 Å². The molecule has 1 aromatic rings. The molecule has 0 amide bonds. The van der Waals surface area contributed by atoms with Crippen LogP contribution in [-0.4, -0.2) is 10.9 Å². The Morgan fingerprint density at radius 2 is 2.24 bits per heavy atom. The van der Waals surface area contributed by atoms with Crippen LogP contribution in [0.5, 0.6) is 5.75 Å². The van der Waals surface area contributed by atoms with Crippen LogP contribution in [0.2, 0.25) is 0 Å². The maximum absolute atomic E-state index is 11.6. The van der Waals surface area contributed by atoms with Gasteiger partial charge in [-0.25, -0.2) is 0 Å². The summed E-state index contributed by atoms with van der Waals surface area (Å²) < 4.78 is 0. The normalized spacial score (nSPS) is 30.9. The van der Waals surface area contributed by atoms with Gasteiger partial charge in [0.1, 0.15) is 5.75 Å². The zero-order valence-electron chi connectivity index (χ0n) is 9.94. The van der Waals surface area contributed by atoms with Crippen LogP contribution in [0.15, 0.2) is 30.4 Å². The van der Waals surface area contributed by atoms with E-state index in [-0.39, 0.29) is 17.1 Å². The lowest BCUT2D eigenvalue weighted by molar-refractivity contribution is -0.116. The van der Waals surface area contributed by atoms with Gasteiger partial charge in [-0.1, -0.05) is 19.1 Å². The van der Waals surface area contributed by atoms with Gasteiger partial charge in [-0.05, 0) is 47.6 Å². The van der Waals surface area contributed by atoms with Gasteiger partial charge in [-0.15, -0.1) is 0 Å². The van der Waals surface area contributed by atoms with Gasteiger partial charge < -0.3 is 5.11 Å². The molecule has 3 rings (SSSR count). The number of rotatable bonds is 0. The fraction of sp³-hybridized carbons (Fsp3) is 0.400. The van der Waals surface area contributed by atoms with Crippen molar-refractivity contribution in [3.8, 4) is 5.75 Å². The summed E-state index contributed by atoms with van der Waals surface area (Å²) in [5.74, 6) is 0.822. The van der Waals surface area contributed by atoms with Crippen LogP contribution in [-0.2, 0) is 11.2 Å². The third-order valence-electron chi connectivity index (χ3n) is 4.29. The molecule has 0 aromatic heterocycles. The number of aryl methyl sites for hydroxylation is 1. The van der Waals surface area contributed by atoms with Crippen molar-refractivity contribution < 1.29 is 9.90 Å². The number of carbonyl (C=O) groups excluding carboxylic acids is 1. The molecular formula is C15H16O2. The van der Waals surface area contributed by atoms with Crippen molar-refractivity contribution in [1.29, 1.82) is 0 Å². The molecule has 0 aliphatic heterocycles. The standard InChI is InChI=1S/C15H16O2/c1-15-6-4-10-8-11(16)2-3-13(10)14(15)9-12(17)5-7-15/h2-3,5,7-8,14,16H,4,6,9H2,1H3/t14-,15-/m0/s1. The number of hydrogen-bond donors (Lipinski definition) is 1. The highest BCUT2D eigenvalue weighted by molar-refractivity contribution is 5.91. The molecule has 17 heavy (non-hydrogen) atoms. The molecule has 2 aliphatic carbocycles. The van der Waals surface area contributed by atoms with Crippen LogP contribution in [0.3, 0.4) is 0 Å². The number of allylic oxidation sites excluding steroid dienone is 2. The minimum Gasteiger partial charge on any atom is -0.508 e. The molecule has 1 N–H and O–H groups in total. The Bertz CT molecular complexity index is 516. The largest absolute Gasteiger partial charge is 0.508 e. The maximum atomic E-state index is 11.6. The van der Waals surface area contributed by atoms with Gasteiger partial charge in [-0.3, -0.25) is 4.79 Å². The molecule has 0 unspecified atom stereocenters. The Balaban J connectivity index is 2.11. The van der Waals surface area contributed by atoms with Gasteiger partial charge in [0, 0.05) is 12.3 Å². The molecular weight excluding hydrogens is 212 g/mol. The summed E-state index contributed by atoms with van der Waals surface area (Å²) in [5, 5.41) is 9.52. The van der Waals surface area contributed by atoms with Gasteiger partial charge in [0.2, 0.25) is 0 Å². The van der Waals surface area contributed by atoms with Crippen LogP contribution >= 0.6 is 0 Å². The number of carbonyl (C=O) groups is 1. The second-order valence-corrected chi connectivity index (χ2v) is 5.45. The number of fused-ring (bicyclic) bond motifs is 3. The number of benzene rings is 1. The van der Waals surface area contributed by atoms with Crippen molar-refractivity contribution in [2.45, 2.75) is 32.1 Å². The van der Waals surface area contributed by atoms with Crippen molar-refractivity contribution in [2.24, 2.45) is 5.41 Å². The van der Waals surface area contributed by atoms with E-state index >= 15 is 0 Å². The predicted molar refractivity (Wildman–Crippen MR) is 66.0 cm³/mol. The Kier molecular flexibility index (Phi) is 2.15. The molecule has 2 atom stereocenters. The molecule has 0 fully saturated rings. The van der Waals surface area contributed by atoms with Gasteiger partial charge in [-0.2, -0.15) is 0 Å². The van der Waals surface area contributed by atoms with E-state index in [1.54, 1.807) is 12.1 Å². The van der Waals surface area contributed by atoms with Crippen molar-refractivity contribution in [1.82, 2.24) is 0 Å². The Morgan fingerprint density at radius 1 is 1.41 bits per heavy atom.